The van der Waals surface area contributed by atoms with Crippen molar-refractivity contribution in [2.45, 2.75) is 12.5 Å². The Hall–Kier alpha value is -1.67. The number of benzene rings is 1. The van der Waals surface area contributed by atoms with Gasteiger partial charge < -0.3 is 5.32 Å². The maximum Gasteiger partial charge on any atom is 0.0358 e. The van der Waals surface area contributed by atoms with Gasteiger partial charge in [0.05, 0.1) is 0 Å². The van der Waals surface area contributed by atoms with E-state index in [1.807, 2.05) is 25.4 Å². The molecule has 0 saturated heterocycles. The molecule has 0 fully saturated rings. The van der Waals surface area contributed by atoms with Gasteiger partial charge in [0.1, 0.15) is 0 Å². The Morgan fingerprint density at radius 2 is 1.94 bits per heavy atom. The van der Waals surface area contributed by atoms with E-state index >= 15 is 0 Å². The number of nitrogens with zero attached hydrogens (tertiary/aromatic N) is 1. The third-order valence-corrected chi connectivity index (χ3v) is 2.71. The van der Waals surface area contributed by atoms with Gasteiger partial charge in [-0.05, 0) is 30.7 Å². The van der Waals surface area contributed by atoms with Crippen LogP contribution in [0, 0.1) is 0 Å². The summed E-state index contributed by atoms with van der Waals surface area (Å²) in [6.45, 7) is 0. The van der Waals surface area contributed by atoms with Gasteiger partial charge in [0.15, 0.2) is 0 Å². The summed E-state index contributed by atoms with van der Waals surface area (Å²) in [6, 6.07) is 14.9. The predicted molar refractivity (Wildman–Crippen MR) is 66.2 cm³/mol. The van der Waals surface area contributed by atoms with E-state index in [0.29, 0.717) is 6.04 Å². The molecule has 2 nitrogen and oxygen atoms in total. The largest absolute Gasteiger partial charge is 0.313 e. The average molecular weight is 212 g/mol. The van der Waals surface area contributed by atoms with Gasteiger partial charge in [-0.2, -0.15) is 0 Å². The maximum atomic E-state index is 4.14. The highest BCUT2D eigenvalue weighted by Gasteiger charge is 2.08. The minimum Gasteiger partial charge on any atom is -0.313 e. The van der Waals surface area contributed by atoms with Crippen LogP contribution in [0.25, 0.3) is 0 Å². The fourth-order valence-corrected chi connectivity index (χ4v) is 1.83. The van der Waals surface area contributed by atoms with Gasteiger partial charge in [-0.1, -0.05) is 36.4 Å². The van der Waals surface area contributed by atoms with Crippen molar-refractivity contribution in [1.82, 2.24) is 10.3 Å². The van der Waals surface area contributed by atoms with Crippen molar-refractivity contribution in [2.75, 3.05) is 7.05 Å². The van der Waals surface area contributed by atoms with E-state index in [1.165, 1.54) is 11.1 Å². The van der Waals surface area contributed by atoms with Crippen molar-refractivity contribution >= 4 is 0 Å². The van der Waals surface area contributed by atoms with Gasteiger partial charge >= 0.3 is 0 Å². The van der Waals surface area contributed by atoms with E-state index in [4.69, 9.17) is 0 Å². The van der Waals surface area contributed by atoms with Gasteiger partial charge in [0, 0.05) is 18.4 Å². The second-order valence-electron chi connectivity index (χ2n) is 3.82. The van der Waals surface area contributed by atoms with Crippen molar-refractivity contribution in [3.63, 3.8) is 0 Å². The van der Waals surface area contributed by atoms with Gasteiger partial charge in [-0.3, -0.25) is 4.98 Å². The number of nitrogens with one attached hydrogen (secondary N) is 1. The molecule has 1 aromatic heterocycles. The normalized spacial score (nSPS) is 12.3. The molecule has 1 unspecified atom stereocenters. The van der Waals surface area contributed by atoms with Crippen LogP contribution in [0.3, 0.4) is 0 Å². The average Bonchev–Trinajstić information content (AvgIpc) is 2.38. The zero-order chi connectivity index (χ0) is 11.2. The quantitative estimate of drug-likeness (QED) is 0.842. The summed E-state index contributed by atoms with van der Waals surface area (Å²) in [7, 11) is 1.99. The smallest absolute Gasteiger partial charge is 0.0358 e. The van der Waals surface area contributed by atoms with Crippen molar-refractivity contribution in [1.29, 1.82) is 0 Å². The molecule has 0 aliphatic carbocycles. The lowest BCUT2D eigenvalue weighted by Gasteiger charge is -2.16. The molecule has 82 valence electrons. The van der Waals surface area contributed by atoms with E-state index < -0.39 is 0 Å². The molecule has 2 rings (SSSR count). The molecule has 2 aromatic rings. The van der Waals surface area contributed by atoms with E-state index in [-0.39, 0.29) is 0 Å². The highest BCUT2D eigenvalue weighted by molar-refractivity contribution is 5.22. The summed E-state index contributed by atoms with van der Waals surface area (Å²) in [5, 5.41) is 3.34. The van der Waals surface area contributed by atoms with Crippen LogP contribution in [-0.4, -0.2) is 12.0 Å². The summed E-state index contributed by atoms with van der Waals surface area (Å²) < 4.78 is 0. The fraction of sp³-hybridized carbons (Fsp3) is 0.214. The lowest BCUT2D eigenvalue weighted by atomic mass is 10.0. The minimum atomic E-state index is 0.352. The Labute approximate surface area is 96.4 Å². The molecular weight excluding hydrogens is 196 g/mol. The van der Waals surface area contributed by atoms with Crippen molar-refractivity contribution in [3.05, 3.63) is 66.0 Å². The molecule has 0 bridgehead atoms. The Bertz CT molecular complexity index is 411. The molecule has 0 amide bonds. The first kappa shape index (κ1) is 10.8. The zero-order valence-corrected chi connectivity index (χ0v) is 9.43. The van der Waals surface area contributed by atoms with Gasteiger partial charge in [0.25, 0.3) is 0 Å². The van der Waals surface area contributed by atoms with Crippen molar-refractivity contribution in [2.24, 2.45) is 0 Å². The first-order valence-corrected chi connectivity index (χ1v) is 5.51. The summed E-state index contributed by atoms with van der Waals surface area (Å²) in [6.07, 6.45) is 4.70. The molecule has 0 saturated carbocycles. The summed E-state index contributed by atoms with van der Waals surface area (Å²) >= 11 is 0. The standard InChI is InChI=1S/C14H16N2/c1-15-14(13-7-3-2-4-8-13)10-12-6-5-9-16-11-12/h2-9,11,14-15H,10H2,1H3. The van der Waals surface area contributed by atoms with Gasteiger partial charge in [-0.25, -0.2) is 0 Å². The third kappa shape index (κ3) is 2.67. The first-order valence-electron chi connectivity index (χ1n) is 5.51. The fourth-order valence-electron chi connectivity index (χ4n) is 1.83. The molecule has 0 aliphatic heterocycles. The van der Waals surface area contributed by atoms with Crippen LogP contribution in [-0.2, 0) is 6.42 Å². The molecule has 0 spiro atoms. The number of pyridine rings is 1. The van der Waals surface area contributed by atoms with Crippen LogP contribution in [0.2, 0.25) is 0 Å². The minimum absolute atomic E-state index is 0.352. The van der Waals surface area contributed by atoms with Crippen molar-refractivity contribution in [3.8, 4) is 0 Å². The Morgan fingerprint density at radius 3 is 2.56 bits per heavy atom. The highest BCUT2D eigenvalue weighted by Crippen LogP contribution is 2.16. The number of likely N-dealkylation sites (N-methyl/N-ethyl adjacent to an activating group) is 1. The van der Waals surface area contributed by atoms with Crippen LogP contribution in [0.5, 0.6) is 0 Å². The topological polar surface area (TPSA) is 24.9 Å². The van der Waals surface area contributed by atoms with Crippen LogP contribution in [0.4, 0.5) is 0 Å². The SMILES string of the molecule is CNC(Cc1cccnc1)c1ccccc1. The molecule has 16 heavy (non-hydrogen) atoms. The molecule has 1 N–H and O–H groups in total. The second-order valence-corrected chi connectivity index (χ2v) is 3.82. The molecule has 0 aliphatic rings. The van der Waals surface area contributed by atoms with Crippen LogP contribution >= 0.6 is 0 Å². The van der Waals surface area contributed by atoms with E-state index in [0.717, 1.165) is 6.42 Å². The van der Waals surface area contributed by atoms with E-state index in [1.54, 1.807) is 6.20 Å². The van der Waals surface area contributed by atoms with Crippen LogP contribution < -0.4 is 5.32 Å². The van der Waals surface area contributed by atoms with Crippen molar-refractivity contribution < 1.29 is 0 Å². The van der Waals surface area contributed by atoms with Gasteiger partial charge in [-0.15, -0.1) is 0 Å². The molecular formula is C14H16N2. The molecule has 1 heterocycles. The number of hydrogen-bond donors (Lipinski definition) is 1. The highest BCUT2D eigenvalue weighted by atomic mass is 14.9. The predicted octanol–water partition coefficient (Wildman–Crippen LogP) is 2.58. The molecule has 2 heteroatoms. The maximum absolute atomic E-state index is 4.14. The zero-order valence-electron chi connectivity index (χ0n) is 9.43. The lowest BCUT2D eigenvalue weighted by molar-refractivity contribution is 0.591. The monoisotopic (exact) mass is 212 g/mol. The Kier molecular flexibility index (Phi) is 3.67. The molecule has 0 radical (unpaired) electrons. The van der Waals surface area contributed by atoms with Crippen LogP contribution in [0.15, 0.2) is 54.9 Å². The summed E-state index contributed by atoms with van der Waals surface area (Å²) in [5.41, 5.74) is 2.57. The summed E-state index contributed by atoms with van der Waals surface area (Å²) in [4.78, 5) is 4.14. The van der Waals surface area contributed by atoms with E-state index in [9.17, 15) is 0 Å². The number of hydrogen-bond acceptors (Lipinski definition) is 2. The number of aromatic nitrogens is 1. The van der Waals surface area contributed by atoms with Gasteiger partial charge in [0.2, 0.25) is 0 Å². The second kappa shape index (κ2) is 5.42. The third-order valence-electron chi connectivity index (χ3n) is 2.71. The molecule has 1 atom stereocenters. The van der Waals surface area contributed by atoms with Crippen LogP contribution in [0.1, 0.15) is 17.2 Å². The summed E-state index contributed by atoms with van der Waals surface area (Å²) in [5.74, 6) is 0. The first-order chi connectivity index (χ1) is 7.90. The molecule has 1 aromatic carbocycles. The Morgan fingerprint density at radius 1 is 1.12 bits per heavy atom. The lowest BCUT2D eigenvalue weighted by Crippen LogP contribution is -2.18. The number of rotatable bonds is 4. The van der Waals surface area contributed by atoms with E-state index in [2.05, 4.69) is 40.6 Å². The Balaban J connectivity index is 2.13.